The Labute approximate surface area is 143 Å². The Morgan fingerprint density at radius 1 is 1.00 bits per heavy atom. The Balaban J connectivity index is 1.81. The van der Waals surface area contributed by atoms with Crippen molar-refractivity contribution in [2.24, 2.45) is 0 Å². The van der Waals surface area contributed by atoms with Crippen molar-refractivity contribution in [1.29, 1.82) is 0 Å². The van der Waals surface area contributed by atoms with Gasteiger partial charge in [0.05, 0.1) is 21.9 Å². The van der Waals surface area contributed by atoms with Crippen molar-refractivity contribution in [3.05, 3.63) is 45.1 Å². The molecule has 0 aromatic carbocycles. The van der Waals surface area contributed by atoms with Gasteiger partial charge in [0.15, 0.2) is 6.29 Å². The Morgan fingerprint density at radius 3 is 2.52 bits per heavy atom. The van der Waals surface area contributed by atoms with E-state index in [1.807, 2.05) is 11.3 Å². The van der Waals surface area contributed by atoms with Crippen LogP contribution in [0.3, 0.4) is 0 Å². The lowest BCUT2D eigenvalue weighted by Gasteiger charge is -2.08. The van der Waals surface area contributed by atoms with E-state index in [1.165, 1.54) is 19.5 Å². The van der Waals surface area contributed by atoms with Crippen LogP contribution in [0.15, 0.2) is 39.5 Å². The molecule has 2 nitrogen and oxygen atoms in total. The van der Waals surface area contributed by atoms with Crippen LogP contribution in [-0.4, -0.2) is 13.2 Å². The lowest BCUT2D eigenvalue weighted by atomic mass is 10.2. The van der Waals surface area contributed by atoms with Gasteiger partial charge in [-0.05, 0) is 45.6 Å². The summed E-state index contributed by atoms with van der Waals surface area (Å²) in [5.74, 6) is 0. The van der Waals surface area contributed by atoms with Gasteiger partial charge < -0.3 is 9.47 Å². The Morgan fingerprint density at radius 2 is 1.86 bits per heavy atom. The molecule has 0 spiro atoms. The largest absolute Gasteiger partial charge is 0.346 e. The topological polar surface area (TPSA) is 18.5 Å². The average molecular weight is 399 g/mol. The molecule has 108 valence electrons. The van der Waals surface area contributed by atoms with Gasteiger partial charge in [-0.3, -0.25) is 0 Å². The number of hydrogen-bond acceptors (Lipinski definition) is 5. The Kier molecular flexibility index (Phi) is 4.00. The molecule has 1 saturated heterocycles. The molecule has 0 atom stereocenters. The highest BCUT2D eigenvalue weighted by atomic mass is 79.9. The van der Waals surface area contributed by atoms with Gasteiger partial charge in [-0.2, -0.15) is 0 Å². The molecule has 0 saturated carbocycles. The molecular formula is C15H11BrO2S3. The molecule has 21 heavy (non-hydrogen) atoms. The minimum Gasteiger partial charge on any atom is -0.346 e. The molecule has 4 heterocycles. The van der Waals surface area contributed by atoms with Gasteiger partial charge in [-0.1, -0.05) is 6.07 Å². The van der Waals surface area contributed by atoms with Crippen LogP contribution in [0.4, 0.5) is 0 Å². The molecule has 0 radical (unpaired) electrons. The average Bonchev–Trinajstić information content (AvgIpc) is 3.25. The van der Waals surface area contributed by atoms with Crippen LogP contribution >= 0.6 is 49.9 Å². The molecule has 3 aromatic heterocycles. The highest BCUT2D eigenvalue weighted by Gasteiger charge is 2.25. The first-order valence-corrected chi connectivity index (χ1v) is 9.78. The summed E-state index contributed by atoms with van der Waals surface area (Å²) in [5, 5.41) is 2.11. The van der Waals surface area contributed by atoms with E-state index in [1.54, 1.807) is 22.7 Å². The van der Waals surface area contributed by atoms with Gasteiger partial charge in [0, 0.05) is 20.2 Å². The highest BCUT2D eigenvalue weighted by Crippen LogP contribution is 2.46. The van der Waals surface area contributed by atoms with E-state index >= 15 is 0 Å². The summed E-state index contributed by atoms with van der Waals surface area (Å²) in [6.45, 7) is 1.34. The van der Waals surface area contributed by atoms with Crippen molar-refractivity contribution >= 4 is 49.9 Å². The monoisotopic (exact) mass is 398 g/mol. The van der Waals surface area contributed by atoms with Gasteiger partial charge in [-0.25, -0.2) is 0 Å². The maximum Gasteiger partial charge on any atom is 0.185 e. The summed E-state index contributed by atoms with van der Waals surface area (Å²) < 4.78 is 12.6. The van der Waals surface area contributed by atoms with Crippen molar-refractivity contribution in [2.45, 2.75) is 6.29 Å². The molecule has 0 unspecified atom stereocenters. The molecule has 6 heteroatoms. The van der Waals surface area contributed by atoms with Crippen LogP contribution in [0.25, 0.3) is 19.5 Å². The number of ether oxygens (including phenoxy) is 2. The summed E-state index contributed by atoms with van der Waals surface area (Å²) >= 11 is 8.85. The lowest BCUT2D eigenvalue weighted by Crippen LogP contribution is -1.97. The SMILES string of the molecule is Brc1ccc(-c2cc(C3OCCO3)c(-c3cccs3)s2)s1. The molecule has 0 amide bonds. The highest BCUT2D eigenvalue weighted by molar-refractivity contribution is 9.11. The minimum absolute atomic E-state index is 0.226. The zero-order chi connectivity index (χ0) is 14.2. The van der Waals surface area contributed by atoms with E-state index in [-0.39, 0.29) is 6.29 Å². The van der Waals surface area contributed by atoms with E-state index in [0.717, 1.165) is 9.35 Å². The first kappa shape index (κ1) is 14.1. The Bertz CT molecular complexity index is 739. The number of hydrogen-bond donors (Lipinski definition) is 0. The van der Waals surface area contributed by atoms with Gasteiger partial charge in [0.2, 0.25) is 0 Å². The predicted octanol–water partition coefficient (Wildman–Crippen LogP) is 6.01. The van der Waals surface area contributed by atoms with E-state index in [2.05, 4.69) is 51.6 Å². The van der Waals surface area contributed by atoms with Gasteiger partial charge in [0.1, 0.15) is 0 Å². The molecular weight excluding hydrogens is 388 g/mol. The standard InChI is InChI=1S/C15H11BrO2S3/c16-13-4-3-10(20-13)12-8-9(15-17-5-6-18-15)14(21-12)11-2-1-7-19-11/h1-4,7-8,15H,5-6H2. The fraction of sp³-hybridized carbons (Fsp3) is 0.200. The second-order valence-electron chi connectivity index (χ2n) is 4.55. The summed E-state index contributed by atoms with van der Waals surface area (Å²) in [5.41, 5.74) is 1.15. The minimum atomic E-state index is -0.226. The zero-order valence-electron chi connectivity index (χ0n) is 10.9. The second-order valence-corrected chi connectivity index (χ2v) is 9.01. The summed E-state index contributed by atoms with van der Waals surface area (Å²) in [4.78, 5) is 5.07. The third kappa shape index (κ3) is 2.76. The number of halogens is 1. The van der Waals surface area contributed by atoms with E-state index in [9.17, 15) is 0 Å². The lowest BCUT2D eigenvalue weighted by molar-refractivity contribution is -0.0433. The fourth-order valence-corrected chi connectivity index (χ4v) is 5.80. The summed E-state index contributed by atoms with van der Waals surface area (Å²) in [6, 6.07) is 10.7. The molecule has 0 bridgehead atoms. The van der Waals surface area contributed by atoms with Crippen LogP contribution in [0.2, 0.25) is 0 Å². The number of rotatable bonds is 3. The maximum atomic E-state index is 5.72. The smallest absolute Gasteiger partial charge is 0.185 e. The van der Waals surface area contributed by atoms with Crippen molar-refractivity contribution in [3.63, 3.8) is 0 Å². The third-order valence-electron chi connectivity index (χ3n) is 3.20. The van der Waals surface area contributed by atoms with Crippen LogP contribution < -0.4 is 0 Å². The first-order chi connectivity index (χ1) is 10.3. The Hall–Kier alpha value is -0.500. The van der Waals surface area contributed by atoms with E-state index < -0.39 is 0 Å². The van der Waals surface area contributed by atoms with E-state index in [4.69, 9.17) is 9.47 Å². The van der Waals surface area contributed by atoms with Gasteiger partial charge in [-0.15, -0.1) is 34.0 Å². The third-order valence-corrected chi connectivity index (χ3v) is 7.22. The second kappa shape index (κ2) is 5.95. The summed E-state index contributed by atoms with van der Waals surface area (Å²) in [7, 11) is 0. The maximum absolute atomic E-state index is 5.72. The molecule has 0 N–H and O–H groups in total. The molecule has 1 aliphatic rings. The van der Waals surface area contributed by atoms with Crippen LogP contribution in [0, 0.1) is 0 Å². The quantitative estimate of drug-likeness (QED) is 0.537. The van der Waals surface area contributed by atoms with Crippen molar-refractivity contribution in [1.82, 2.24) is 0 Å². The molecule has 3 aromatic rings. The molecule has 1 aliphatic heterocycles. The van der Waals surface area contributed by atoms with Crippen LogP contribution in [-0.2, 0) is 9.47 Å². The van der Waals surface area contributed by atoms with Crippen molar-refractivity contribution in [3.8, 4) is 19.5 Å². The van der Waals surface area contributed by atoms with Crippen molar-refractivity contribution < 1.29 is 9.47 Å². The predicted molar refractivity (Wildman–Crippen MR) is 93.3 cm³/mol. The van der Waals surface area contributed by atoms with Gasteiger partial charge >= 0.3 is 0 Å². The van der Waals surface area contributed by atoms with Crippen molar-refractivity contribution in [2.75, 3.05) is 13.2 Å². The zero-order valence-corrected chi connectivity index (χ0v) is 14.9. The fourth-order valence-electron chi connectivity index (χ4n) is 2.29. The van der Waals surface area contributed by atoms with Crippen LogP contribution in [0.5, 0.6) is 0 Å². The first-order valence-electron chi connectivity index (χ1n) is 6.48. The molecule has 1 fully saturated rings. The summed E-state index contributed by atoms with van der Waals surface area (Å²) in [6.07, 6.45) is -0.226. The normalized spacial score (nSPS) is 15.9. The van der Waals surface area contributed by atoms with E-state index in [0.29, 0.717) is 13.2 Å². The number of thiophene rings is 3. The molecule has 4 rings (SSSR count). The van der Waals surface area contributed by atoms with Gasteiger partial charge in [0.25, 0.3) is 0 Å². The van der Waals surface area contributed by atoms with Crippen LogP contribution in [0.1, 0.15) is 11.9 Å². The molecule has 0 aliphatic carbocycles.